The van der Waals surface area contributed by atoms with E-state index in [4.69, 9.17) is 28.9 Å². The zero-order valence-electron chi connectivity index (χ0n) is 13.7. The number of carbonyl (C=O) groups is 2. The highest BCUT2D eigenvalue weighted by Crippen LogP contribution is 2.30. The first-order chi connectivity index (χ1) is 11.5. The van der Waals surface area contributed by atoms with Gasteiger partial charge in [-0.2, -0.15) is 0 Å². The van der Waals surface area contributed by atoms with Crippen LogP contribution in [-0.4, -0.2) is 48.6 Å². The van der Waals surface area contributed by atoms with Crippen molar-refractivity contribution >= 4 is 59.2 Å². The van der Waals surface area contributed by atoms with E-state index in [1.54, 1.807) is 23.1 Å². The average molecular weight is 427 g/mol. The topological polar surface area (TPSA) is 75.4 Å². The second-order valence-corrected chi connectivity index (χ2v) is 7.48. The number of likely N-dealkylation sites (tertiary alicyclic amines) is 1. The molecule has 1 heterocycles. The first kappa shape index (κ1) is 22.4. The maximum absolute atomic E-state index is 12.4. The van der Waals surface area contributed by atoms with Crippen molar-refractivity contribution in [1.82, 2.24) is 10.2 Å². The number of nitrogens with one attached hydrogen (secondary N) is 1. The number of halogens is 3. The maximum atomic E-state index is 12.4. The molecule has 1 aromatic rings. The van der Waals surface area contributed by atoms with Crippen LogP contribution in [0.2, 0.25) is 10.0 Å². The monoisotopic (exact) mass is 425 g/mol. The fourth-order valence-corrected chi connectivity index (χ4v) is 3.97. The Hall–Kier alpha value is -0.660. The lowest BCUT2D eigenvalue weighted by atomic mass is 9.97. The Bertz CT molecular complexity index is 604. The Morgan fingerprint density at radius 1 is 1.36 bits per heavy atom. The number of amides is 2. The van der Waals surface area contributed by atoms with Gasteiger partial charge < -0.3 is 16.0 Å². The summed E-state index contributed by atoms with van der Waals surface area (Å²) in [5, 5.41) is 3.96. The van der Waals surface area contributed by atoms with Gasteiger partial charge in [-0.25, -0.2) is 0 Å². The summed E-state index contributed by atoms with van der Waals surface area (Å²) < 4.78 is 0. The molecule has 5 nitrogen and oxygen atoms in total. The SMILES string of the molecule is Cl.NCCNC(=O)C1CCCN(C(=O)CSc2cc(Cl)ccc2Cl)C1. The zero-order chi connectivity index (χ0) is 17.5. The van der Waals surface area contributed by atoms with Gasteiger partial charge >= 0.3 is 0 Å². The van der Waals surface area contributed by atoms with Gasteiger partial charge in [0.1, 0.15) is 0 Å². The summed E-state index contributed by atoms with van der Waals surface area (Å²) in [5.74, 6) is 0.0989. The number of nitrogens with zero attached hydrogens (tertiary/aromatic N) is 1. The fraction of sp³-hybridized carbons (Fsp3) is 0.500. The second-order valence-electron chi connectivity index (χ2n) is 5.62. The molecule has 3 N–H and O–H groups in total. The Kier molecular flexibility index (Phi) is 9.97. The van der Waals surface area contributed by atoms with Crippen molar-refractivity contribution in [2.45, 2.75) is 17.7 Å². The van der Waals surface area contributed by atoms with E-state index >= 15 is 0 Å². The highest BCUT2D eigenvalue weighted by Gasteiger charge is 2.28. The summed E-state index contributed by atoms with van der Waals surface area (Å²) in [5.41, 5.74) is 5.40. The molecule has 1 atom stereocenters. The van der Waals surface area contributed by atoms with Crippen LogP contribution in [-0.2, 0) is 9.59 Å². The lowest BCUT2D eigenvalue weighted by molar-refractivity contribution is -0.133. The number of carbonyl (C=O) groups excluding carboxylic acids is 2. The third-order valence-corrected chi connectivity index (χ3v) is 5.55. The van der Waals surface area contributed by atoms with E-state index in [2.05, 4.69) is 5.32 Å². The normalized spacial score (nSPS) is 16.9. The minimum atomic E-state index is -0.158. The first-order valence-electron chi connectivity index (χ1n) is 7.84. The molecular formula is C16H22Cl3N3O2S. The van der Waals surface area contributed by atoms with Gasteiger partial charge in [-0.15, -0.1) is 24.2 Å². The fourth-order valence-electron chi connectivity index (χ4n) is 2.58. The van der Waals surface area contributed by atoms with Crippen molar-refractivity contribution in [3.8, 4) is 0 Å². The number of hydrogen-bond acceptors (Lipinski definition) is 4. The van der Waals surface area contributed by atoms with Crippen LogP contribution in [0.5, 0.6) is 0 Å². The molecule has 1 aliphatic heterocycles. The summed E-state index contributed by atoms with van der Waals surface area (Å²) >= 11 is 13.4. The van der Waals surface area contributed by atoms with Crippen LogP contribution in [0.25, 0.3) is 0 Å². The molecule has 1 aromatic carbocycles. The van der Waals surface area contributed by atoms with E-state index in [1.807, 2.05) is 0 Å². The van der Waals surface area contributed by atoms with Crippen LogP contribution in [0.15, 0.2) is 23.1 Å². The molecule has 0 spiro atoms. The highest BCUT2D eigenvalue weighted by molar-refractivity contribution is 8.00. The van der Waals surface area contributed by atoms with Gasteiger partial charge in [0.15, 0.2) is 0 Å². The quantitative estimate of drug-likeness (QED) is 0.686. The van der Waals surface area contributed by atoms with Gasteiger partial charge in [0, 0.05) is 36.1 Å². The highest BCUT2D eigenvalue weighted by atomic mass is 35.5. The van der Waals surface area contributed by atoms with Crippen molar-refractivity contribution < 1.29 is 9.59 Å². The van der Waals surface area contributed by atoms with E-state index in [1.165, 1.54) is 11.8 Å². The number of hydrogen-bond donors (Lipinski definition) is 2. The molecule has 0 aromatic heterocycles. The molecule has 1 saturated heterocycles. The van der Waals surface area contributed by atoms with E-state index in [0.717, 1.165) is 17.7 Å². The van der Waals surface area contributed by atoms with Gasteiger partial charge in [-0.3, -0.25) is 9.59 Å². The predicted octanol–water partition coefficient (Wildman–Crippen LogP) is 2.82. The van der Waals surface area contributed by atoms with Crippen LogP contribution >= 0.6 is 47.4 Å². The molecule has 0 saturated carbocycles. The molecule has 1 unspecified atom stereocenters. The Morgan fingerprint density at radius 3 is 2.84 bits per heavy atom. The van der Waals surface area contributed by atoms with Crippen LogP contribution in [0.1, 0.15) is 12.8 Å². The molecule has 9 heteroatoms. The summed E-state index contributed by atoms with van der Waals surface area (Å²) in [6.07, 6.45) is 1.63. The number of thioether (sulfide) groups is 1. The van der Waals surface area contributed by atoms with E-state index < -0.39 is 0 Å². The van der Waals surface area contributed by atoms with Crippen molar-refractivity contribution in [1.29, 1.82) is 0 Å². The molecule has 140 valence electrons. The average Bonchev–Trinajstić information content (AvgIpc) is 2.60. The Balaban J connectivity index is 0.00000312. The van der Waals surface area contributed by atoms with Crippen molar-refractivity contribution in [2.75, 3.05) is 31.9 Å². The molecular weight excluding hydrogens is 405 g/mol. The molecule has 2 amide bonds. The summed E-state index contributed by atoms with van der Waals surface area (Å²) in [6, 6.07) is 5.18. The zero-order valence-corrected chi connectivity index (χ0v) is 16.8. The summed E-state index contributed by atoms with van der Waals surface area (Å²) in [7, 11) is 0. The first-order valence-corrected chi connectivity index (χ1v) is 9.59. The van der Waals surface area contributed by atoms with Gasteiger partial charge in [-0.05, 0) is 31.0 Å². The number of nitrogens with two attached hydrogens (primary N) is 1. The largest absolute Gasteiger partial charge is 0.355 e. The van der Waals surface area contributed by atoms with Gasteiger partial charge in [0.05, 0.1) is 16.7 Å². The van der Waals surface area contributed by atoms with Crippen molar-refractivity contribution in [3.05, 3.63) is 28.2 Å². The number of benzene rings is 1. The predicted molar refractivity (Wildman–Crippen MR) is 106 cm³/mol. The lowest BCUT2D eigenvalue weighted by Gasteiger charge is -2.32. The van der Waals surface area contributed by atoms with E-state index in [9.17, 15) is 9.59 Å². The molecule has 0 radical (unpaired) electrons. The van der Waals surface area contributed by atoms with Crippen LogP contribution in [0.3, 0.4) is 0 Å². The van der Waals surface area contributed by atoms with Gasteiger partial charge in [0.2, 0.25) is 11.8 Å². The maximum Gasteiger partial charge on any atom is 0.232 e. The van der Waals surface area contributed by atoms with E-state index in [-0.39, 0.29) is 35.9 Å². The molecule has 1 fully saturated rings. The third kappa shape index (κ3) is 6.87. The van der Waals surface area contributed by atoms with E-state index in [0.29, 0.717) is 36.2 Å². The van der Waals surface area contributed by atoms with Crippen LogP contribution in [0.4, 0.5) is 0 Å². The Morgan fingerprint density at radius 2 is 2.12 bits per heavy atom. The second kappa shape index (κ2) is 11.1. The molecule has 0 bridgehead atoms. The minimum Gasteiger partial charge on any atom is -0.355 e. The van der Waals surface area contributed by atoms with Crippen molar-refractivity contribution in [2.24, 2.45) is 11.7 Å². The third-order valence-electron chi connectivity index (χ3n) is 3.83. The van der Waals surface area contributed by atoms with Crippen LogP contribution < -0.4 is 11.1 Å². The number of piperidine rings is 1. The van der Waals surface area contributed by atoms with Crippen LogP contribution in [0, 0.1) is 5.92 Å². The minimum absolute atomic E-state index is 0. The van der Waals surface area contributed by atoms with Gasteiger partial charge in [0.25, 0.3) is 0 Å². The van der Waals surface area contributed by atoms with Gasteiger partial charge in [-0.1, -0.05) is 23.2 Å². The molecule has 2 rings (SSSR count). The Labute approximate surface area is 168 Å². The summed E-state index contributed by atoms with van der Waals surface area (Å²) in [4.78, 5) is 27.0. The molecule has 25 heavy (non-hydrogen) atoms. The van der Waals surface area contributed by atoms with Crippen molar-refractivity contribution in [3.63, 3.8) is 0 Å². The standard InChI is InChI=1S/C16H21Cl2N3O2S.ClH/c17-12-3-4-13(18)14(8-12)24-10-15(22)21-7-1-2-11(9-21)16(23)20-6-5-19;/h3-4,8,11H,1-2,5-7,9-10,19H2,(H,20,23);1H. The smallest absolute Gasteiger partial charge is 0.232 e. The lowest BCUT2D eigenvalue weighted by Crippen LogP contribution is -2.46. The molecule has 1 aliphatic rings. The summed E-state index contributed by atoms with van der Waals surface area (Å²) in [6.45, 7) is 2.02. The number of rotatable bonds is 6. The molecule has 0 aliphatic carbocycles.